The van der Waals surface area contributed by atoms with Crippen molar-refractivity contribution in [1.29, 1.82) is 0 Å². The zero-order valence-electron chi connectivity index (χ0n) is 11.2. The number of nitrogens with zero attached hydrogens (tertiary/aromatic N) is 2. The van der Waals surface area contributed by atoms with Crippen LogP contribution in [0.2, 0.25) is 0 Å². The van der Waals surface area contributed by atoms with E-state index in [9.17, 15) is 0 Å². The van der Waals surface area contributed by atoms with Crippen LogP contribution in [0, 0.1) is 12.8 Å². The largest absolute Gasteiger partial charge is 0.476 e. The number of rotatable bonds is 3. The number of ether oxygens (including phenoxy) is 1. The zero-order valence-corrected chi connectivity index (χ0v) is 11.2. The topological polar surface area (TPSA) is 47.0 Å². The van der Waals surface area contributed by atoms with Gasteiger partial charge in [-0.15, -0.1) is 0 Å². The Labute approximate surface area is 113 Å². The minimum atomic E-state index is 0.585. The quantitative estimate of drug-likeness (QED) is 0.916. The molecule has 0 bridgehead atoms. The summed E-state index contributed by atoms with van der Waals surface area (Å²) >= 11 is 0. The van der Waals surface area contributed by atoms with Crippen LogP contribution in [0.25, 0.3) is 11.0 Å². The number of piperidine rings is 1. The van der Waals surface area contributed by atoms with Gasteiger partial charge in [-0.25, -0.2) is 9.97 Å². The molecule has 1 aromatic heterocycles. The van der Waals surface area contributed by atoms with Crippen LogP contribution in [0.1, 0.15) is 18.5 Å². The minimum Gasteiger partial charge on any atom is -0.476 e. The second-order valence-electron chi connectivity index (χ2n) is 5.13. The van der Waals surface area contributed by atoms with E-state index in [0.29, 0.717) is 11.8 Å². The van der Waals surface area contributed by atoms with Gasteiger partial charge in [0, 0.05) is 12.5 Å². The molecule has 1 saturated heterocycles. The zero-order chi connectivity index (χ0) is 13.1. The predicted molar refractivity (Wildman–Crippen MR) is 75.4 cm³/mol. The SMILES string of the molecule is Cc1nc2ccccc2nc1OCC1CCCNC1. The lowest BCUT2D eigenvalue weighted by Crippen LogP contribution is -2.33. The van der Waals surface area contributed by atoms with E-state index in [1.165, 1.54) is 12.8 Å². The molecule has 1 aliphatic rings. The van der Waals surface area contributed by atoms with E-state index >= 15 is 0 Å². The van der Waals surface area contributed by atoms with Crippen LogP contribution >= 0.6 is 0 Å². The monoisotopic (exact) mass is 257 g/mol. The third-order valence-electron chi connectivity index (χ3n) is 3.56. The van der Waals surface area contributed by atoms with E-state index in [4.69, 9.17) is 4.74 Å². The van der Waals surface area contributed by atoms with E-state index in [0.717, 1.165) is 36.4 Å². The number of fused-ring (bicyclic) bond motifs is 1. The smallest absolute Gasteiger partial charge is 0.235 e. The third kappa shape index (κ3) is 2.84. The van der Waals surface area contributed by atoms with Crippen LogP contribution in [-0.4, -0.2) is 29.7 Å². The maximum Gasteiger partial charge on any atom is 0.235 e. The van der Waals surface area contributed by atoms with Gasteiger partial charge < -0.3 is 10.1 Å². The van der Waals surface area contributed by atoms with Crippen molar-refractivity contribution in [1.82, 2.24) is 15.3 Å². The first-order valence-electron chi connectivity index (χ1n) is 6.90. The van der Waals surface area contributed by atoms with Crippen molar-refractivity contribution in [2.45, 2.75) is 19.8 Å². The van der Waals surface area contributed by atoms with E-state index in [2.05, 4.69) is 15.3 Å². The molecule has 1 unspecified atom stereocenters. The Morgan fingerprint density at radius 2 is 2.05 bits per heavy atom. The summed E-state index contributed by atoms with van der Waals surface area (Å²) < 4.78 is 5.87. The Kier molecular flexibility index (Phi) is 3.60. The Morgan fingerprint density at radius 3 is 2.79 bits per heavy atom. The number of hydrogen-bond donors (Lipinski definition) is 1. The molecule has 2 heterocycles. The van der Waals surface area contributed by atoms with Gasteiger partial charge in [-0.05, 0) is 38.4 Å². The molecule has 3 rings (SSSR count). The van der Waals surface area contributed by atoms with Gasteiger partial charge in [-0.2, -0.15) is 0 Å². The molecule has 100 valence electrons. The molecular weight excluding hydrogens is 238 g/mol. The van der Waals surface area contributed by atoms with Gasteiger partial charge in [0.1, 0.15) is 5.69 Å². The van der Waals surface area contributed by atoms with Crippen molar-refractivity contribution < 1.29 is 4.74 Å². The summed E-state index contributed by atoms with van der Waals surface area (Å²) in [5.41, 5.74) is 2.68. The fraction of sp³-hybridized carbons (Fsp3) is 0.467. The molecule has 19 heavy (non-hydrogen) atoms. The predicted octanol–water partition coefficient (Wildman–Crippen LogP) is 2.32. The number of para-hydroxylation sites is 2. The van der Waals surface area contributed by atoms with Crippen LogP contribution in [0.15, 0.2) is 24.3 Å². The van der Waals surface area contributed by atoms with Gasteiger partial charge in [-0.1, -0.05) is 12.1 Å². The maximum atomic E-state index is 5.87. The van der Waals surface area contributed by atoms with Crippen LogP contribution in [0.3, 0.4) is 0 Å². The van der Waals surface area contributed by atoms with Crippen LogP contribution in [-0.2, 0) is 0 Å². The first-order chi connectivity index (χ1) is 9.33. The van der Waals surface area contributed by atoms with Crippen molar-refractivity contribution in [3.05, 3.63) is 30.0 Å². The van der Waals surface area contributed by atoms with Gasteiger partial charge in [0.25, 0.3) is 0 Å². The molecule has 0 saturated carbocycles. The standard InChI is InChI=1S/C15H19N3O/c1-11-15(19-10-12-5-4-8-16-9-12)18-14-7-3-2-6-13(14)17-11/h2-3,6-7,12,16H,4-5,8-10H2,1H3. The highest BCUT2D eigenvalue weighted by Crippen LogP contribution is 2.19. The van der Waals surface area contributed by atoms with Gasteiger partial charge in [0.05, 0.1) is 17.6 Å². The van der Waals surface area contributed by atoms with E-state index < -0.39 is 0 Å². The molecule has 2 aromatic rings. The number of aryl methyl sites for hydroxylation is 1. The summed E-state index contributed by atoms with van der Waals surface area (Å²) in [6.45, 7) is 4.85. The molecule has 1 aliphatic heterocycles. The fourth-order valence-corrected chi connectivity index (χ4v) is 2.47. The fourth-order valence-electron chi connectivity index (χ4n) is 2.47. The molecule has 0 spiro atoms. The summed E-state index contributed by atoms with van der Waals surface area (Å²) in [5.74, 6) is 1.26. The van der Waals surface area contributed by atoms with Crippen molar-refractivity contribution >= 4 is 11.0 Å². The second-order valence-corrected chi connectivity index (χ2v) is 5.13. The lowest BCUT2D eigenvalue weighted by Gasteiger charge is -2.22. The lowest BCUT2D eigenvalue weighted by atomic mass is 10.0. The van der Waals surface area contributed by atoms with Gasteiger partial charge >= 0.3 is 0 Å². The first kappa shape index (κ1) is 12.4. The molecule has 1 atom stereocenters. The summed E-state index contributed by atoms with van der Waals surface area (Å²) in [7, 11) is 0. The van der Waals surface area contributed by atoms with Crippen LogP contribution in [0.4, 0.5) is 0 Å². The second kappa shape index (κ2) is 5.53. The Morgan fingerprint density at radius 1 is 1.26 bits per heavy atom. The van der Waals surface area contributed by atoms with Crippen LogP contribution in [0.5, 0.6) is 5.88 Å². The molecule has 0 radical (unpaired) electrons. The highest BCUT2D eigenvalue weighted by molar-refractivity contribution is 5.74. The number of hydrogen-bond acceptors (Lipinski definition) is 4. The average Bonchev–Trinajstić information content (AvgIpc) is 2.46. The minimum absolute atomic E-state index is 0.585. The summed E-state index contributed by atoms with van der Waals surface area (Å²) in [4.78, 5) is 9.09. The summed E-state index contributed by atoms with van der Waals surface area (Å²) in [6, 6.07) is 7.90. The van der Waals surface area contributed by atoms with Crippen molar-refractivity contribution in [2.24, 2.45) is 5.92 Å². The van der Waals surface area contributed by atoms with Crippen molar-refractivity contribution in [3.63, 3.8) is 0 Å². The van der Waals surface area contributed by atoms with Crippen molar-refractivity contribution in [2.75, 3.05) is 19.7 Å². The Bertz CT molecular complexity index is 564. The lowest BCUT2D eigenvalue weighted by molar-refractivity contribution is 0.211. The molecule has 0 amide bonds. The Balaban J connectivity index is 1.74. The number of benzene rings is 1. The normalized spacial score (nSPS) is 19.5. The van der Waals surface area contributed by atoms with Gasteiger partial charge in [-0.3, -0.25) is 0 Å². The van der Waals surface area contributed by atoms with E-state index in [1.807, 2.05) is 31.2 Å². The molecule has 4 nitrogen and oxygen atoms in total. The number of aromatic nitrogens is 2. The van der Waals surface area contributed by atoms with Gasteiger partial charge in [0.15, 0.2) is 0 Å². The molecule has 1 aromatic carbocycles. The highest BCUT2D eigenvalue weighted by atomic mass is 16.5. The van der Waals surface area contributed by atoms with E-state index in [-0.39, 0.29) is 0 Å². The molecule has 4 heteroatoms. The van der Waals surface area contributed by atoms with Crippen LogP contribution < -0.4 is 10.1 Å². The Hall–Kier alpha value is -1.68. The molecular formula is C15H19N3O. The highest BCUT2D eigenvalue weighted by Gasteiger charge is 2.15. The third-order valence-corrected chi connectivity index (χ3v) is 3.56. The summed E-state index contributed by atoms with van der Waals surface area (Å²) in [6.07, 6.45) is 2.46. The van der Waals surface area contributed by atoms with E-state index in [1.54, 1.807) is 0 Å². The summed E-state index contributed by atoms with van der Waals surface area (Å²) in [5, 5.41) is 3.40. The van der Waals surface area contributed by atoms with Gasteiger partial charge in [0.2, 0.25) is 5.88 Å². The molecule has 1 fully saturated rings. The number of nitrogens with one attached hydrogen (secondary N) is 1. The molecule has 0 aliphatic carbocycles. The van der Waals surface area contributed by atoms with Crippen molar-refractivity contribution in [3.8, 4) is 5.88 Å². The first-order valence-corrected chi connectivity index (χ1v) is 6.90. The average molecular weight is 257 g/mol. The molecule has 1 N–H and O–H groups in total. The maximum absolute atomic E-state index is 5.87.